The van der Waals surface area contributed by atoms with Crippen molar-refractivity contribution in [3.63, 3.8) is 0 Å². The average Bonchev–Trinajstić information content (AvgIpc) is 2.74. The standard InChI is InChI=1S/C23H22ClNO4/c1-15-12-21(27-2)22(28-3)13-19(15)25-23(26)18-6-4-5-7-20(18)29-14-16-8-10-17(24)11-9-16/h4-13H,14H2,1-3H3,(H,25,26). The van der Waals surface area contributed by atoms with Crippen molar-refractivity contribution in [1.82, 2.24) is 0 Å². The van der Waals surface area contributed by atoms with E-state index in [1.54, 1.807) is 50.6 Å². The highest BCUT2D eigenvalue weighted by molar-refractivity contribution is 6.30. The van der Waals surface area contributed by atoms with Crippen molar-refractivity contribution in [2.24, 2.45) is 0 Å². The SMILES string of the molecule is COc1cc(C)c(NC(=O)c2ccccc2OCc2ccc(Cl)cc2)cc1OC. The van der Waals surface area contributed by atoms with Gasteiger partial charge >= 0.3 is 0 Å². The largest absolute Gasteiger partial charge is 0.493 e. The van der Waals surface area contributed by atoms with Gasteiger partial charge in [-0.25, -0.2) is 0 Å². The fraction of sp³-hybridized carbons (Fsp3) is 0.174. The van der Waals surface area contributed by atoms with Gasteiger partial charge in [-0.2, -0.15) is 0 Å². The molecule has 0 aliphatic rings. The summed E-state index contributed by atoms with van der Waals surface area (Å²) in [5.41, 5.74) is 2.90. The zero-order valence-electron chi connectivity index (χ0n) is 16.5. The van der Waals surface area contributed by atoms with Gasteiger partial charge in [0.05, 0.1) is 19.8 Å². The lowest BCUT2D eigenvalue weighted by atomic mass is 10.1. The molecule has 0 fully saturated rings. The Balaban J connectivity index is 1.79. The van der Waals surface area contributed by atoms with E-state index in [4.69, 9.17) is 25.8 Å². The Morgan fingerprint density at radius 3 is 2.28 bits per heavy atom. The number of ether oxygens (including phenoxy) is 3. The van der Waals surface area contributed by atoms with Crippen LogP contribution in [0.25, 0.3) is 0 Å². The summed E-state index contributed by atoms with van der Waals surface area (Å²) in [6.07, 6.45) is 0. The molecule has 0 heterocycles. The van der Waals surface area contributed by atoms with Crippen LogP contribution in [0.3, 0.4) is 0 Å². The molecule has 0 aliphatic carbocycles. The van der Waals surface area contributed by atoms with Crippen LogP contribution in [-0.4, -0.2) is 20.1 Å². The Morgan fingerprint density at radius 2 is 1.59 bits per heavy atom. The second kappa shape index (κ2) is 9.34. The van der Waals surface area contributed by atoms with Gasteiger partial charge in [0.15, 0.2) is 11.5 Å². The molecular weight excluding hydrogens is 390 g/mol. The molecule has 0 spiro atoms. The maximum atomic E-state index is 12.9. The summed E-state index contributed by atoms with van der Waals surface area (Å²) in [6.45, 7) is 2.22. The van der Waals surface area contributed by atoms with E-state index in [0.717, 1.165) is 11.1 Å². The minimum Gasteiger partial charge on any atom is -0.493 e. The van der Waals surface area contributed by atoms with Crippen molar-refractivity contribution in [2.75, 3.05) is 19.5 Å². The molecule has 29 heavy (non-hydrogen) atoms. The third-order valence-corrected chi connectivity index (χ3v) is 4.67. The molecule has 0 radical (unpaired) electrons. The molecule has 5 nitrogen and oxygen atoms in total. The highest BCUT2D eigenvalue weighted by Gasteiger charge is 2.15. The van der Waals surface area contributed by atoms with E-state index in [-0.39, 0.29) is 5.91 Å². The summed E-state index contributed by atoms with van der Waals surface area (Å²) in [4.78, 5) is 12.9. The Morgan fingerprint density at radius 1 is 0.931 bits per heavy atom. The number of methoxy groups -OCH3 is 2. The van der Waals surface area contributed by atoms with E-state index in [0.29, 0.717) is 40.1 Å². The molecule has 150 valence electrons. The van der Waals surface area contributed by atoms with E-state index < -0.39 is 0 Å². The lowest BCUT2D eigenvalue weighted by molar-refractivity contribution is 0.102. The first-order chi connectivity index (χ1) is 14.0. The second-order valence-electron chi connectivity index (χ2n) is 6.39. The molecule has 0 saturated carbocycles. The number of rotatable bonds is 7. The first-order valence-corrected chi connectivity index (χ1v) is 9.40. The summed E-state index contributed by atoms with van der Waals surface area (Å²) >= 11 is 5.92. The predicted octanol–water partition coefficient (Wildman–Crippen LogP) is 5.50. The number of nitrogens with one attached hydrogen (secondary N) is 1. The number of benzene rings is 3. The predicted molar refractivity (Wildman–Crippen MR) is 114 cm³/mol. The van der Waals surface area contributed by atoms with Crippen LogP contribution in [0, 0.1) is 6.92 Å². The average molecular weight is 412 g/mol. The summed E-state index contributed by atoms with van der Waals surface area (Å²) < 4.78 is 16.5. The van der Waals surface area contributed by atoms with Crippen LogP contribution in [0.5, 0.6) is 17.2 Å². The zero-order valence-corrected chi connectivity index (χ0v) is 17.2. The van der Waals surface area contributed by atoms with Crippen LogP contribution in [0.1, 0.15) is 21.5 Å². The van der Waals surface area contributed by atoms with Crippen molar-refractivity contribution in [3.05, 3.63) is 82.4 Å². The lowest BCUT2D eigenvalue weighted by Gasteiger charge is -2.15. The molecule has 0 bridgehead atoms. The quantitative estimate of drug-likeness (QED) is 0.558. The number of carbonyl (C=O) groups excluding carboxylic acids is 1. The molecular formula is C23H22ClNO4. The van der Waals surface area contributed by atoms with E-state index in [1.807, 2.05) is 31.2 Å². The fourth-order valence-corrected chi connectivity index (χ4v) is 2.95. The first-order valence-electron chi connectivity index (χ1n) is 9.02. The minimum atomic E-state index is -0.271. The van der Waals surface area contributed by atoms with Crippen molar-refractivity contribution in [3.8, 4) is 17.2 Å². The lowest BCUT2D eigenvalue weighted by Crippen LogP contribution is -2.14. The van der Waals surface area contributed by atoms with Crippen LogP contribution < -0.4 is 19.5 Å². The normalized spacial score (nSPS) is 10.3. The molecule has 1 amide bonds. The van der Waals surface area contributed by atoms with Crippen molar-refractivity contribution < 1.29 is 19.0 Å². The van der Waals surface area contributed by atoms with Gasteiger partial charge in [-0.15, -0.1) is 0 Å². The fourth-order valence-electron chi connectivity index (χ4n) is 2.83. The summed E-state index contributed by atoms with van der Waals surface area (Å²) in [5, 5.41) is 3.59. The number of hydrogen-bond acceptors (Lipinski definition) is 4. The van der Waals surface area contributed by atoms with E-state index >= 15 is 0 Å². The smallest absolute Gasteiger partial charge is 0.259 e. The third-order valence-electron chi connectivity index (χ3n) is 4.42. The highest BCUT2D eigenvalue weighted by atomic mass is 35.5. The van der Waals surface area contributed by atoms with Crippen LogP contribution in [0.2, 0.25) is 5.02 Å². The number of hydrogen-bond donors (Lipinski definition) is 1. The number of anilines is 1. The van der Waals surface area contributed by atoms with Crippen LogP contribution in [-0.2, 0) is 6.61 Å². The van der Waals surface area contributed by atoms with Gasteiger partial charge in [0.2, 0.25) is 0 Å². The number of para-hydroxylation sites is 1. The number of carbonyl (C=O) groups is 1. The van der Waals surface area contributed by atoms with Gasteiger partial charge in [-0.1, -0.05) is 35.9 Å². The van der Waals surface area contributed by atoms with E-state index in [1.165, 1.54) is 0 Å². The van der Waals surface area contributed by atoms with Crippen LogP contribution in [0.4, 0.5) is 5.69 Å². The summed E-state index contributed by atoms with van der Waals surface area (Å²) in [7, 11) is 3.13. The topological polar surface area (TPSA) is 56.8 Å². The van der Waals surface area contributed by atoms with Gasteiger partial charge in [0, 0.05) is 16.8 Å². The molecule has 0 aromatic heterocycles. The molecule has 3 aromatic rings. The molecule has 1 N–H and O–H groups in total. The molecule has 6 heteroatoms. The first kappa shape index (κ1) is 20.6. The maximum absolute atomic E-state index is 12.9. The van der Waals surface area contributed by atoms with Gasteiger partial charge in [-0.3, -0.25) is 4.79 Å². The van der Waals surface area contributed by atoms with E-state index in [2.05, 4.69) is 5.32 Å². The zero-order chi connectivity index (χ0) is 20.8. The molecule has 0 aliphatic heterocycles. The third kappa shape index (κ3) is 5.00. The van der Waals surface area contributed by atoms with Gasteiger partial charge in [0.25, 0.3) is 5.91 Å². The van der Waals surface area contributed by atoms with Crippen molar-refractivity contribution in [2.45, 2.75) is 13.5 Å². The Labute approximate surface area is 175 Å². The molecule has 0 saturated heterocycles. The second-order valence-corrected chi connectivity index (χ2v) is 6.82. The van der Waals surface area contributed by atoms with Crippen LogP contribution in [0.15, 0.2) is 60.7 Å². The van der Waals surface area contributed by atoms with Crippen molar-refractivity contribution in [1.29, 1.82) is 0 Å². The number of amides is 1. The monoisotopic (exact) mass is 411 g/mol. The molecule has 0 atom stereocenters. The summed E-state index contributed by atoms with van der Waals surface area (Å²) in [5.74, 6) is 1.38. The Kier molecular flexibility index (Phi) is 6.62. The van der Waals surface area contributed by atoms with Crippen molar-refractivity contribution >= 4 is 23.2 Å². The number of aryl methyl sites for hydroxylation is 1. The number of halogens is 1. The van der Waals surface area contributed by atoms with E-state index in [9.17, 15) is 4.79 Å². The maximum Gasteiger partial charge on any atom is 0.259 e. The molecule has 3 rings (SSSR count). The van der Waals surface area contributed by atoms with Crippen LogP contribution >= 0.6 is 11.6 Å². The molecule has 0 unspecified atom stereocenters. The summed E-state index contributed by atoms with van der Waals surface area (Å²) in [6, 6.07) is 18.1. The highest BCUT2D eigenvalue weighted by Crippen LogP contribution is 2.33. The Bertz CT molecular complexity index is 1000. The van der Waals surface area contributed by atoms with Gasteiger partial charge in [-0.05, 0) is 48.4 Å². The minimum absolute atomic E-state index is 0.271. The Hall–Kier alpha value is -3.18. The van der Waals surface area contributed by atoms with Gasteiger partial charge < -0.3 is 19.5 Å². The van der Waals surface area contributed by atoms with Gasteiger partial charge in [0.1, 0.15) is 12.4 Å². The molecule has 3 aromatic carbocycles.